The third kappa shape index (κ3) is 3.71. The molecule has 0 saturated heterocycles. The summed E-state index contributed by atoms with van der Waals surface area (Å²) in [7, 11) is 1.60. The van der Waals surface area contributed by atoms with E-state index in [4.69, 9.17) is 9.47 Å². The van der Waals surface area contributed by atoms with Gasteiger partial charge in [0.2, 0.25) is 5.88 Å². The fourth-order valence-corrected chi connectivity index (χ4v) is 4.03. The van der Waals surface area contributed by atoms with E-state index < -0.39 is 0 Å². The quantitative estimate of drug-likeness (QED) is 0.623. The smallest absolute Gasteiger partial charge is 0.261 e. The second-order valence-corrected chi connectivity index (χ2v) is 7.31. The number of nitrogens with zero attached hydrogens (tertiary/aromatic N) is 2. The second-order valence-electron chi connectivity index (χ2n) is 6.25. The Kier molecular flexibility index (Phi) is 5.16. The molecular weight excluding hydrogens is 360 g/mol. The Hall–Kier alpha value is -2.73. The van der Waals surface area contributed by atoms with Gasteiger partial charge in [0.15, 0.2) is 16.7 Å². The first-order valence-electron chi connectivity index (χ1n) is 8.87. The van der Waals surface area contributed by atoms with Crippen molar-refractivity contribution in [2.75, 3.05) is 12.9 Å². The van der Waals surface area contributed by atoms with Gasteiger partial charge >= 0.3 is 0 Å². The molecule has 1 aliphatic rings. The molecule has 0 fully saturated rings. The van der Waals surface area contributed by atoms with Crippen LogP contribution in [0.15, 0.2) is 64.5 Å². The number of aromatic nitrogens is 2. The first-order chi connectivity index (χ1) is 13.3. The van der Waals surface area contributed by atoms with E-state index in [2.05, 4.69) is 4.98 Å². The lowest BCUT2D eigenvalue weighted by Gasteiger charge is -2.20. The van der Waals surface area contributed by atoms with E-state index in [1.165, 1.54) is 0 Å². The van der Waals surface area contributed by atoms with Gasteiger partial charge in [-0.3, -0.25) is 9.36 Å². The molecule has 2 heterocycles. The predicted octanol–water partition coefficient (Wildman–Crippen LogP) is 4.13. The minimum atomic E-state index is -0.0269. The molecule has 0 bridgehead atoms. The molecule has 1 aromatic heterocycles. The number of ether oxygens (including phenoxy) is 2. The van der Waals surface area contributed by atoms with E-state index in [-0.39, 0.29) is 5.56 Å². The lowest BCUT2D eigenvalue weighted by Crippen LogP contribution is -2.29. The van der Waals surface area contributed by atoms with Crippen molar-refractivity contribution in [2.24, 2.45) is 0 Å². The van der Waals surface area contributed by atoms with Crippen molar-refractivity contribution < 1.29 is 9.47 Å². The van der Waals surface area contributed by atoms with Crippen molar-refractivity contribution in [1.29, 1.82) is 0 Å². The minimum absolute atomic E-state index is 0.0269. The molecule has 0 N–H and O–H groups in total. The highest BCUT2D eigenvalue weighted by molar-refractivity contribution is 7.99. The SMILES string of the molecule is COc1ccccc1Oc1nc2n(c(=O)c1Cc1ccccc1)CCCS2. The van der Waals surface area contributed by atoms with Crippen LogP contribution in [0, 0.1) is 0 Å². The largest absolute Gasteiger partial charge is 0.493 e. The van der Waals surface area contributed by atoms with Gasteiger partial charge in [0.1, 0.15) is 0 Å². The highest BCUT2D eigenvalue weighted by Gasteiger charge is 2.22. The summed E-state index contributed by atoms with van der Waals surface area (Å²) >= 11 is 1.59. The van der Waals surface area contributed by atoms with Crippen molar-refractivity contribution in [1.82, 2.24) is 9.55 Å². The molecule has 4 rings (SSSR count). The number of rotatable bonds is 5. The van der Waals surface area contributed by atoms with E-state index in [0.29, 0.717) is 41.1 Å². The first kappa shape index (κ1) is 17.7. The molecule has 3 aromatic rings. The zero-order valence-corrected chi connectivity index (χ0v) is 15.9. The predicted molar refractivity (Wildman–Crippen MR) is 106 cm³/mol. The van der Waals surface area contributed by atoms with Crippen LogP contribution in [0.25, 0.3) is 0 Å². The second kappa shape index (κ2) is 7.88. The molecule has 138 valence electrons. The van der Waals surface area contributed by atoms with Crippen molar-refractivity contribution in [2.45, 2.75) is 24.5 Å². The van der Waals surface area contributed by atoms with E-state index in [9.17, 15) is 4.79 Å². The maximum absolute atomic E-state index is 13.2. The van der Waals surface area contributed by atoms with Crippen LogP contribution in [-0.4, -0.2) is 22.4 Å². The van der Waals surface area contributed by atoms with E-state index in [0.717, 1.165) is 17.7 Å². The van der Waals surface area contributed by atoms with Gasteiger partial charge in [-0.2, -0.15) is 4.98 Å². The van der Waals surface area contributed by atoms with Gasteiger partial charge < -0.3 is 9.47 Å². The average molecular weight is 380 g/mol. The summed E-state index contributed by atoms with van der Waals surface area (Å²) < 4.78 is 13.2. The van der Waals surface area contributed by atoms with Gasteiger partial charge in [0.05, 0.1) is 12.7 Å². The third-order valence-corrected chi connectivity index (χ3v) is 5.51. The molecule has 1 aliphatic heterocycles. The van der Waals surface area contributed by atoms with Crippen molar-refractivity contribution in [3.8, 4) is 17.4 Å². The first-order valence-corrected chi connectivity index (χ1v) is 9.86. The van der Waals surface area contributed by atoms with Gasteiger partial charge in [-0.25, -0.2) is 0 Å². The molecule has 0 spiro atoms. The monoisotopic (exact) mass is 380 g/mol. The van der Waals surface area contributed by atoms with E-state index >= 15 is 0 Å². The number of para-hydroxylation sites is 2. The Morgan fingerprint density at radius 2 is 1.81 bits per heavy atom. The molecule has 6 heteroatoms. The number of fused-ring (bicyclic) bond motifs is 1. The van der Waals surface area contributed by atoms with Gasteiger partial charge in [0.25, 0.3) is 5.56 Å². The molecule has 0 saturated carbocycles. The number of benzene rings is 2. The Balaban J connectivity index is 1.81. The molecular formula is C21H20N2O3S. The van der Waals surface area contributed by atoms with Crippen molar-refractivity contribution in [3.63, 3.8) is 0 Å². The fraction of sp³-hybridized carbons (Fsp3) is 0.238. The molecule has 0 unspecified atom stereocenters. The number of hydrogen-bond acceptors (Lipinski definition) is 5. The Morgan fingerprint density at radius 3 is 2.59 bits per heavy atom. The summed E-state index contributed by atoms with van der Waals surface area (Å²) in [6, 6.07) is 17.3. The van der Waals surface area contributed by atoms with Crippen LogP contribution in [0.5, 0.6) is 17.4 Å². The Labute approximate surface area is 162 Å². The molecule has 0 radical (unpaired) electrons. The molecule has 5 nitrogen and oxygen atoms in total. The third-order valence-electron chi connectivity index (χ3n) is 4.45. The molecule has 2 aromatic carbocycles. The molecule has 27 heavy (non-hydrogen) atoms. The Bertz CT molecular complexity index is 1000. The normalized spacial score (nSPS) is 13.1. The summed E-state index contributed by atoms with van der Waals surface area (Å²) in [5, 5.41) is 0.716. The summed E-state index contributed by atoms with van der Waals surface area (Å²) in [6.45, 7) is 0.699. The average Bonchev–Trinajstić information content (AvgIpc) is 2.72. The van der Waals surface area contributed by atoms with Gasteiger partial charge in [0, 0.05) is 18.7 Å². The zero-order valence-electron chi connectivity index (χ0n) is 15.1. The maximum atomic E-state index is 13.2. The van der Waals surface area contributed by atoms with Crippen LogP contribution in [0.4, 0.5) is 0 Å². The highest BCUT2D eigenvalue weighted by Crippen LogP contribution is 2.33. The summed E-state index contributed by atoms with van der Waals surface area (Å²) in [5.41, 5.74) is 1.59. The molecule has 0 amide bonds. The van der Waals surface area contributed by atoms with Crippen molar-refractivity contribution >= 4 is 11.8 Å². The number of thioether (sulfide) groups is 1. The molecule has 0 atom stereocenters. The summed E-state index contributed by atoms with van der Waals surface area (Å²) in [4.78, 5) is 17.9. The van der Waals surface area contributed by atoms with Crippen LogP contribution in [0.2, 0.25) is 0 Å². The van der Waals surface area contributed by atoms with Crippen LogP contribution >= 0.6 is 11.8 Å². The maximum Gasteiger partial charge on any atom is 0.261 e. The van der Waals surface area contributed by atoms with Gasteiger partial charge in [-0.1, -0.05) is 54.2 Å². The van der Waals surface area contributed by atoms with Crippen LogP contribution in [0.3, 0.4) is 0 Å². The van der Waals surface area contributed by atoms with Crippen LogP contribution in [0.1, 0.15) is 17.5 Å². The van der Waals surface area contributed by atoms with E-state index in [1.807, 2.05) is 54.6 Å². The minimum Gasteiger partial charge on any atom is -0.493 e. The fourth-order valence-electron chi connectivity index (χ4n) is 3.09. The standard InChI is InChI=1S/C21H20N2O3S/c1-25-17-10-5-6-11-18(17)26-19-16(14-15-8-3-2-4-9-15)20(24)23-12-7-13-27-21(23)22-19/h2-6,8-11H,7,12-14H2,1H3. The highest BCUT2D eigenvalue weighted by atomic mass is 32.2. The summed E-state index contributed by atoms with van der Waals surface area (Å²) in [6.07, 6.45) is 1.44. The number of methoxy groups -OCH3 is 1. The number of hydrogen-bond donors (Lipinski definition) is 0. The Morgan fingerprint density at radius 1 is 1.07 bits per heavy atom. The molecule has 0 aliphatic carbocycles. The lowest BCUT2D eigenvalue weighted by molar-refractivity contribution is 0.367. The van der Waals surface area contributed by atoms with Crippen molar-refractivity contribution in [3.05, 3.63) is 76.1 Å². The lowest BCUT2D eigenvalue weighted by atomic mass is 10.1. The van der Waals surface area contributed by atoms with Gasteiger partial charge in [-0.05, 0) is 24.1 Å². The summed E-state index contributed by atoms with van der Waals surface area (Å²) in [5.74, 6) is 2.47. The topological polar surface area (TPSA) is 53.4 Å². The van der Waals surface area contributed by atoms with Gasteiger partial charge in [-0.15, -0.1) is 0 Å². The van der Waals surface area contributed by atoms with E-state index in [1.54, 1.807) is 23.4 Å². The zero-order chi connectivity index (χ0) is 18.6. The van der Waals surface area contributed by atoms with Crippen LogP contribution < -0.4 is 15.0 Å². The van der Waals surface area contributed by atoms with Crippen LogP contribution in [-0.2, 0) is 13.0 Å².